The predicted octanol–water partition coefficient (Wildman–Crippen LogP) is 4.53. The molecule has 0 fully saturated rings. The average Bonchev–Trinajstić information content (AvgIpc) is 2.38. The summed E-state index contributed by atoms with van der Waals surface area (Å²) in [6.45, 7) is 9.96. The van der Waals surface area contributed by atoms with Gasteiger partial charge in [-0.15, -0.1) is 0 Å². The third kappa shape index (κ3) is 14.0. The zero-order chi connectivity index (χ0) is 13.5. The van der Waals surface area contributed by atoms with Gasteiger partial charge in [0, 0.05) is 6.61 Å². The SMILES string of the molecule is CCCCCCC(C)OCCCCCNCCC. The summed E-state index contributed by atoms with van der Waals surface area (Å²) in [5.41, 5.74) is 0. The standard InChI is InChI=1S/C16H35NO/c1-4-6-7-9-12-16(3)18-15-11-8-10-14-17-13-5-2/h16-17H,4-15H2,1-3H3. The maximum Gasteiger partial charge on any atom is 0.0547 e. The molecule has 0 heterocycles. The van der Waals surface area contributed by atoms with E-state index in [9.17, 15) is 0 Å². The second-order valence-electron chi connectivity index (χ2n) is 5.34. The Morgan fingerprint density at radius 3 is 2.33 bits per heavy atom. The lowest BCUT2D eigenvalue weighted by atomic mass is 10.1. The number of nitrogens with one attached hydrogen (secondary N) is 1. The van der Waals surface area contributed by atoms with E-state index in [2.05, 4.69) is 26.1 Å². The van der Waals surface area contributed by atoms with Crippen LogP contribution in [0.4, 0.5) is 0 Å². The Morgan fingerprint density at radius 2 is 1.61 bits per heavy atom. The Kier molecular flexibility index (Phi) is 14.9. The first-order valence-corrected chi connectivity index (χ1v) is 8.13. The van der Waals surface area contributed by atoms with E-state index in [1.54, 1.807) is 0 Å². The second kappa shape index (κ2) is 15.0. The van der Waals surface area contributed by atoms with E-state index in [4.69, 9.17) is 4.74 Å². The minimum absolute atomic E-state index is 0.458. The molecule has 0 aromatic rings. The molecule has 1 atom stereocenters. The van der Waals surface area contributed by atoms with Crippen molar-refractivity contribution in [2.45, 2.75) is 84.7 Å². The van der Waals surface area contributed by atoms with E-state index in [1.165, 1.54) is 64.3 Å². The summed E-state index contributed by atoms with van der Waals surface area (Å²) in [4.78, 5) is 0. The van der Waals surface area contributed by atoms with Crippen LogP contribution in [0.1, 0.15) is 78.6 Å². The molecule has 0 spiro atoms. The number of hydrogen-bond donors (Lipinski definition) is 1. The van der Waals surface area contributed by atoms with E-state index >= 15 is 0 Å². The maximum absolute atomic E-state index is 5.83. The van der Waals surface area contributed by atoms with Crippen molar-refractivity contribution < 1.29 is 4.74 Å². The fraction of sp³-hybridized carbons (Fsp3) is 1.00. The van der Waals surface area contributed by atoms with Gasteiger partial charge in [-0.05, 0) is 52.1 Å². The van der Waals surface area contributed by atoms with Gasteiger partial charge in [-0.1, -0.05) is 39.5 Å². The molecule has 0 saturated heterocycles. The molecule has 2 heteroatoms. The summed E-state index contributed by atoms with van der Waals surface area (Å²) in [5.74, 6) is 0. The summed E-state index contributed by atoms with van der Waals surface area (Å²) in [6.07, 6.45) is 12.1. The lowest BCUT2D eigenvalue weighted by Crippen LogP contribution is -2.16. The van der Waals surface area contributed by atoms with Crippen LogP contribution in [0.15, 0.2) is 0 Å². The van der Waals surface area contributed by atoms with Crippen LogP contribution in [0.3, 0.4) is 0 Å². The molecule has 2 nitrogen and oxygen atoms in total. The third-order valence-electron chi connectivity index (χ3n) is 3.29. The van der Waals surface area contributed by atoms with E-state index < -0.39 is 0 Å². The van der Waals surface area contributed by atoms with Crippen LogP contribution in [0.2, 0.25) is 0 Å². The molecule has 110 valence electrons. The molecule has 1 N–H and O–H groups in total. The van der Waals surface area contributed by atoms with Crippen molar-refractivity contribution in [2.24, 2.45) is 0 Å². The van der Waals surface area contributed by atoms with Gasteiger partial charge in [-0.3, -0.25) is 0 Å². The molecule has 0 aromatic carbocycles. The van der Waals surface area contributed by atoms with Gasteiger partial charge in [0.05, 0.1) is 6.10 Å². The van der Waals surface area contributed by atoms with Gasteiger partial charge in [0.25, 0.3) is 0 Å². The van der Waals surface area contributed by atoms with Crippen molar-refractivity contribution >= 4 is 0 Å². The fourth-order valence-corrected chi connectivity index (χ4v) is 2.06. The van der Waals surface area contributed by atoms with Gasteiger partial charge >= 0.3 is 0 Å². The third-order valence-corrected chi connectivity index (χ3v) is 3.29. The smallest absolute Gasteiger partial charge is 0.0547 e. The molecule has 18 heavy (non-hydrogen) atoms. The molecule has 0 bridgehead atoms. The number of ether oxygens (including phenoxy) is 1. The van der Waals surface area contributed by atoms with Crippen molar-refractivity contribution in [1.82, 2.24) is 5.32 Å². The monoisotopic (exact) mass is 257 g/mol. The number of unbranched alkanes of at least 4 members (excludes halogenated alkanes) is 5. The normalized spacial score (nSPS) is 12.8. The van der Waals surface area contributed by atoms with Crippen molar-refractivity contribution in [3.05, 3.63) is 0 Å². The van der Waals surface area contributed by atoms with Gasteiger partial charge < -0.3 is 10.1 Å². The molecule has 0 radical (unpaired) electrons. The molecule has 0 aliphatic heterocycles. The Hall–Kier alpha value is -0.0800. The van der Waals surface area contributed by atoms with Gasteiger partial charge in [-0.25, -0.2) is 0 Å². The Bertz CT molecular complexity index is 150. The Labute approximate surface area is 115 Å². The quantitative estimate of drug-likeness (QED) is 0.462. The van der Waals surface area contributed by atoms with Crippen molar-refractivity contribution in [1.29, 1.82) is 0 Å². The summed E-state index contributed by atoms with van der Waals surface area (Å²) in [7, 11) is 0. The molecule has 0 rings (SSSR count). The lowest BCUT2D eigenvalue weighted by molar-refractivity contribution is 0.0558. The zero-order valence-corrected chi connectivity index (χ0v) is 13.0. The van der Waals surface area contributed by atoms with Crippen molar-refractivity contribution in [2.75, 3.05) is 19.7 Å². The highest BCUT2D eigenvalue weighted by Crippen LogP contribution is 2.08. The van der Waals surface area contributed by atoms with Gasteiger partial charge in [0.15, 0.2) is 0 Å². The first-order chi connectivity index (χ1) is 8.81. The first-order valence-electron chi connectivity index (χ1n) is 8.13. The fourth-order valence-electron chi connectivity index (χ4n) is 2.06. The average molecular weight is 257 g/mol. The molecular formula is C16H35NO. The highest BCUT2D eigenvalue weighted by Gasteiger charge is 2.01. The Balaban J connectivity index is 3.08. The van der Waals surface area contributed by atoms with Crippen LogP contribution >= 0.6 is 0 Å². The van der Waals surface area contributed by atoms with E-state index in [0.717, 1.165) is 13.2 Å². The van der Waals surface area contributed by atoms with Crippen LogP contribution in [0.25, 0.3) is 0 Å². The number of hydrogen-bond acceptors (Lipinski definition) is 2. The predicted molar refractivity (Wildman–Crippen MR) is 81.2 cm³/mol. The van der Waals surface area contributed by atoms with E-state index in [-0.39, 0.29) is 0 Å². The molecule has 0 aliphatic rings. The highest BCUT2D eigenvalue weighted by molar-refractivity contribution is 4.53. The Morgan fingerprint density at radius 1 is 0.833 bits per heavy atom. The summed E-state index contributed by atoms with van der Waals surface area (Å²) >= 11 is 0. The van der Waals surface area contributed by atoms with E-state index in [0.29, 0.717) is 6.10 Å². The van der Waals surface area contributed by atoms with E-state index in [1.807, 2.05) is 0 Å². The van der Waals surface area contributed by atoms with Crippen molar-refractivity contribution in [3.8, 4) is 0 Å². The molecule has 0 saturated carbocycles. The lowest BCUT2D eigenvalue weighted by Gasteiger charge is -2.12. The van der Waals surface area contributed by atoms with Gasteiger partial charge in [0.2, 0.25) is 0 Å². The molecule has 0 amide bonds. The first kappa shape index (κ1) is 17.9. The molecule has 1 unspecified atom stereocenters. The van der Waals surface area contributed by atoms with Crippen LogP contribution in [-0.2, 0) is 4.74 Å². The van der Waals surface area contributed by atoms with Crippen LogP contribution in [0.5, 0.6) is 0 Å². The number of rotatable bonds is 14. The summed E-state index contributed by atoms with van der Waals surface area (Å²) in [5, 5.41) is 3.43. The maximum atomic E-state index is 5.83. The van der Waals surface area contributed by atoms with Crippen LogP contribution in [-0.4, -0.2) is 25.8 Å². The molecular weight excluding hydrogens is 222 g/mol. The molecule has 0 aromatic heterocycles. The van der Waals surface area contributed by atoms with Crippen molar-refractivity contribution in [3.63, 3.8) is 0 Å². The summed E-state index contributed by atoms with van der Waals surface area (Å²) in [6, 6.07) is 0. The minimum atomic E-state index is 0.458. The zero-order valence-electron chi connectivity index (χ0n) is 13.0. The summed E-state index contributed by atoms with van der Waals surface area (Å²) < 4.78 is 5.83. The molecule has 0 aliphatic carbocycles. The second-order valence-corrected chi connectivity index (χ2v) is 5.34. The van der Waals surface area contributed by atoms with Gasteiger partial charge in [-0.2, -0.15) is 0 Å². The highest BCUT2D eigenvalue weighted by atomic mass is 16.5. The van der Waals surface area contributed by atoms with Gasteiger partial charge in [0.1, 0.15) is 0 Å². The largest absolute Gasteiger partial charge is 0.379 e. The minimum Gasteiger partial charge on any atom is -0.379 e. The topological polar surface area (TPSA) is 21.3 Å². The van der Waals surface area contributed by atoms with Crippen LogP contribution in [0, 0.1) is 0 Å². The van der Waals surface area contributed by atoms with Crippen LogP contribution < -0.4 is 5.32 Å².